The van der Waals surface area contributed by atoms with Crippen LogP contribution in [0.4, 0.5) is 0 Å². The summed E-state index contributed by atoms with van der Waals surface area (Å²) in [6, 6.07) is 4.86. The fourth-order valence-corrected chi connectivity index (χ4v) is 3.87. The Labute approximate surface area is 112 Å². The van der Waals surface area contributed by atoms with E-state index in [0.717, 1.165) is 11.3 Å². The van der Waals surface area contributed by atoms with Gasteiger partial charge in [0.15, 0.2) is 9.84 Å². The van der Waals surface area contributed by atoms with Crippen molar-refractivity contribution in [1.82, 2.24) is 5.32 Å². The zero-order chi connectivity index (χ0) is 14.0. The number of nitrogens with one attached hydrogen (secondary N) is 1. The van der Waals surface area contributed by atoms with Gasteiger partial charge in [-0.2, -0.15) is 0 Å². The molecule has 0 saturated carbocycles. The number of carbonyl (C=O) groups excluding carboxylic acids is 1. The zero-order valence-corrected chi connectivity index (χ0v) is 11.8. The molecule has 1 atom stereocenters. The highest BCUT2D eigenvalue weighted by Crippen LogP contribution is 2.19. The minimum Gasteiger partial charge on any atom is -0.496 e. The second-order valence-electron chi connectivity index (χ2n) is 4.76. The fraction of sp³-hybridized carbons (Fsp3) is 0.462. The third-order valence-electron chi connectivity index (χ3n) is 3.22. The molecule has 1 aromatic carbocycles. The third kappa shape index (κ3) is 3.26. The van der Waals surface area contributed by atoms with Gasteiger partial charge < -0.3 is 10.1 Å². The van der Waals surface area contributed by atoms with Crippen LogP contribution in [0.3, 0.4) is 0 Å². The van der Waals surface area contributed by atoms with E-state index in [4.69, 9.17) is 4.74 Å². The fourth-order valence-electron chi connectivity index (χ4n) is 2.20. The molecule has 0 spiro atoms. The van der Waals surface area contributed by atoms with Crippen molar-refractivity contribution in [2.24, 2.45) is 0 Å². The Bertz CT molecular complexity index is 595. The van der Waals surface area contributed by atoms with Crippen molar-refractivity contribution >= 4 is 15.7 Å². The highest BCUT2D eigenvalue weighted by molar-refractivity contribution is 7.91. The molecule has 0 bridgehead atoms. The molecule has 1 aliphatic heterocycles. The van der Waals surface area contributed by atoms with E-state index in [1.165, 1.54) is 0 Å². The number of methoxy groups -OCH3 is 1. The van der Waals surface area contributed by atoms with Gasteiger partial charge in [-0.05, 0) is 37.1 Å². The standard InChI is InChI=1S/C13H17NO4S/c1-9-7-10(3-4-12(9)18-2)13(15)14-11-5-6-19(16,17)8-11/h3-4,7,11H,5-6,8H2,1-2H3,(H,14,15). The number of amides is 1. The largest absolute Gasteiger partial charge is 0.496 e. The van der Waals surface area contributed by atoms with E-state index in [9.17, 15) is 13.2 Å². The summed E-state index contributed by atoms with van der Waals surface area (Å²) in [5.41, 5.74) is 1.39. The Morgan fingerprint density at radius 1 is 1.42 bits per heavy atom. The monoisotopic (exact) mass is 283 g/mol. The van der Waals surface area contributed by atoms with Crippen LogP contribution in [-0.4, -0.2) is 39.0 Å². The van der Waals surface area contributed by atoms with Gasteiger partial charge in [0.05, 0.1) is 18.6 Å². The van der Waals surface area contributed by atoms with Crippen molar-refractivity contribution in [3.05, 3.63) is 29.3 Å². The van der Waals surface area contributed by atoms with Crippen LogP contribution in [0.25, 0.3) is 0 Å². The first kappa shape index (κ1) is 13.9. The van der Waals surface area contributed by atoms with Crippen molar-refractivity contribution in [2.45, 2.75) is 19.4 Å². The maximum absolute atomic E-state index is 12.0. The highest BCUT2D eigenvalue weighted by Gasteiger charge is 2.29. The maximum Gasteiger partial charge on any atom is 0.251 e. The Balaban J connectivity index is 2.06. The summed E-state index contributed by atoms with van der Waals surface area (Å²) >= 11 is 0. The molecule has 2 rings (SSSR count). The average molecular weight is 283 g/mol. The molecule has 6 heteroatoms. The van der Waals surface area contributed by atoms with E-state index in [1.807, 2.05) is 6.92 Å². The van der Waals surface area contributed by atoms with Crippen LogP contribution in [-0.2, 0) is 9.84 Å². The van der Waals surface area contributed by atoms with Gasteiger partial charge in [-0.25, -0.2) is 8.42 Å². The van der Waals surface area contributed by atoms with Crippen LogP contribution >= 0.6 is 0 Å². The van der Waals surface area contributed by atoms with Crippen LogP contribution in [0.2, 0.25) is 0 Å². The van der Waals surface area contributed by atoms with E-state index in [-0.39, 0.29) is 23.5 Å². The average Bonchev–Trinajstić information content (AvgIpc) is 2.68. The quantitative estimate of drug-likeness (QED) is 0.895. The predicted octanol–water partition coefficient (Wildman–Crippen LogP) is 0.921. The number of ether oxygens (including phenoxy) is 1. The molecule has 1 saturated heterocycles. The lowest BCUT2D eigenvalue weighted by Crippen LogP contribution is -2.35. The van der Waals surface area contributed by atoms with E-state index < -0.39 is 9.84 Å². The van der Waals surface area contributed by atoms with Crippen LogP contribution in [0.1, 0.15) is 22.3 Å². The van der Waals surface area contributed by atoms with Gasteiger partial charge in [-0.15, -0.1) is 0 Å². The molecule has 5 nitrogen and oxygen atoms in total. The van der Waals surface area contributed by atoms with Gasteiger partial charge >= 0.3 is 0 Å². The van der Waals surface area contributed by atoms with Crippen LogP contribution in [0.5, 0.6) is 5.75 Å². The molecule has 1 aliphatic rings. The van der Waals surface area contributed by atoms with Gasteiger partial charge in [-0.1, -0.05) is 0 Å². The smallest absolute Gasteiger partial charge is 0.251 e. The predicted molar refractivity (Wildman–Crippen MR) is 72.3 cm³/mol. The summed E-state index contributed by atoms with van der Waals surface area (Å²) < 4.78 is 27.8. The van der Waals surface area contributed by atoms with E-state index >= 15 is 0 Å². The number of hydrogen-bond acceptors (Lipinski definition) is 4. The number of aryl methyl sites for hydroxylation is 1. The molecule has 0 aliphatic carbocycles. The first-order chi connectivity index (χ1) is 8.91. The molecular formula is C13H17NO4S. The number of sulfone groups is 1. The topological polar surface area (TPSA) is 72.5 Å². The van der Waals surface area contributed by atoms with E-state index in [0.29, 0.717) is 12.0 Å². The second kappa shape index (κ2) is 5.21. The molecular weight excluding hydrogens is 266 g/mol. The SMILES string of the molecule is COc1ccc(C(=O)NC2CCS(=O)(=O)C2)cc1C. The molecule has 1 heterocycles. The van der Waals surface area contributed by atoms with Gasteiger partial charge in [-0.3, -0.25) is 4.79 Å². The Hall–Kier alpha value is -1.56. The van der Waals surface area contributed by atoms with Gasteiger partial charge in [0, 0.05) is 11.6 Å². The van der Waals surface area contributed by atoms with Gasteiger partial charge in [0.1, 0.15) is 5.75 Å². The van der Waals surface area contributed by atoms with Crippen molar-refractivity contribution < 1.29 is 17.9 Å². The highest BCUT2D eigenvalue weighted by atomic mass is 32.2. The van der Waals surface area contributed by atoms with Gasteiger partial charge in [0.2, 0.25) is 0 Å². The van der Waals surface area contributed by atoms with Crippen LogP contribution in [0.15, 0.2) is 18.2 Å². The summed E-state index contributed by atoms with van der Waals surface area (Å²) in [4.78, 5) is 12.0. The summed E-state index contributed by atoms with van der Waals surface area (Å²) in [7, 11) is -1.40. The summed E-state index contributed by atoms with van der Waals surface area (Å²) in [5, 5.41) is 2.76. The van der Waals surface area contributed by atoms with Crippen molar-refractivity contribution in [3.8, 4) is 5.75 Å². The summed E-state index contributed by atoms with van der Waals surface area (Å²) in [6.45, 7) is 1.86. The molecule has 1 N–H and O–H groups in total. The number of hydrogen-bond donors (Lipinski definition) is 1. The Kier molecular flexibility index (Phi) is 3.80. The molecule has 0 radical (unpaired) electrons. The molecule has 1 amide bonds. The number of rotatable bonds is 3. The van der Waals surface area contributed by atoms with E-state index in [1.54, 1.807) is 25.3 Å². The Morgan fingerprint density at radius 2 is 2.16 bits per heavy atom. The molecule has 104 valence electrons. The number of carbonyl (C=O) groups is 1. The van der Waals surface area contributed by atoms with E-state index in [2.05, 4.69) is 5.32 Å². The normalized spacial score (nSPS) is 21.1. The summed E-state index contributed by atoms with van der Waals surface area (Å²) in [5.74, 6) is 0.667. The molecule has 1 unspecified atom stereocenters. The third-order valence-corrected chi connectivity index (χ3v) is 4.99. The summed E-state index contributed by atoms with van der Waals surface area (Å²) in [6.07, 6.45) is 0.489. The molecule has 1 fully saturated rings. The zero-order valence-electron chi connectivity index (χ0n) is 11.0. The van der Waals surface area contributed by atoms with Crippen LogP contribution < -0.4 is 10.1 Å². The maximum atomic E-state index is 12.0. The molecule has 19 heavy (non-hydrogen) atoms. The van der Waals surface area contributed by atoms with Crippen molar-refractivity contribution in [1.29, 1.82) is 0 Å². The Morgan fingerprint density at radius 3 is 2.68 bits per heavy atom. The second-order valence-corrected chi connectivity index (χ2v) is 6.99. The van der Waals surface area contributed by atoms with Crippen molar-refractivity contribution in [3.63, 3.8) is 0 Å². The lowest BCUT2D eigenvalue weighted by Gasteiger charge is -2.12. The minimum absolute atomic E-state index is 0.0356. The molecule has 1 aromatic rings. The minimum atomic E-state index is -2.98. The van der Waals surface area contributed by atoms with Crippen molar-refractivity contribution in [2.75, 3.05) is 18.6 Å². The lowest BCUT2D eigenvalue weighted by molar-refractivity contribution is 0.0941. The van der Waals surface area contributed by atoms with Gasteiger partial charge in [0.25, 0.3) is 5.91 Å². The number of benzene rings is 1. The first-order valence-electron chi connectivity index (χ1n) is 6.07. The molecule has 0 aromatic heterocycles. The van der Waals surface area contributed by atoms with Crippen LogP contribution in [0, 0.1) is 6.92 Å². The lowest BCUT2D eigenvalue weighted by atomic mass is 10.1. The first-order valence-corrected chi connectivity index (χ1v) is 7.89.